The van der Waals surface area contributed by atoms with Crippen LogP contribution in [-0.4, -0.2) is 31.4 Å². The second-order valence-corrected chi connectivity index (χ2v) is 7.33. The number of thioether (sulfide) groups is 1. The SMILES string of the molecule is COc1ccc(NC(=O)C(C(=O)NN=Cc2ccc(SC)cc2)C(C)C)cc1. The molecular formula is C21H25N3O3S. The topological polar surface area (TPSA) is 79.8 Å². The maximum Gasteiger partial charge on any atom is 0.252 e. The third-order valence-electron chi connectivity index (χ3n) is 4.09. The maximum absolute atomic E-state index is 12.6. The fraction of sp³-hybridized carbons (Fsp3) is 0.286. The number of anilines is 1. The number of nitrogens with zero attached hydrogens (tertiary/aromatic N) is 1. The van der Waals surface area contributed by atoms with Gasteiger partial charge in [0.25, 0.3) is 5.91 Å². The van der Waals surface area contributed by atoms with Crippen LogP contribution >= 0.6 is 11.8 Å². The first-order valence-electron chi connectivity index (χ1n) is 8.86. The minimum Gasteiger partial charge on any atom is -0.497 e. The average molecular weight is 400 g/mol. The van der Waals surface area contributed by atoms with Gasteiger partial charge in [0.1, 0.15) is 11.7 Å². The van der Waals surface area contributed by atoms with Crippen molar-refractivity contribution in [2.75, 3.05) is 18.7 Å². The molecule has 0 aliphatic rings. The number of benzene rings is 2. The Bertz CT molecular complexity index is 818. The summed E-state index contributed by atoms with van der Waals surface area (Å²) in [4.78, 5) is 26.2. The molecule has 2 amide bonds. The molecule has 0 aromatic heterocycles. The summed E-state index contributed by atoms with van der Waals surface area (Å²) in [5.74, 6) is -1.18. The molecule has 0 aliphatic heterocycles. The molecule has 2 N–H and O–H groups in total. The van der Waals surface area contributed by atoms with Crippen molar-refractivity contribution in [2.45, 2.75) is 18.7 Å². The van der Waals surface area contributed by atoms with E-state index >= 15 is 0 Å². The van der Waals surface area contributed by atoms with E-state index in [9.17, 15) is 9.59 Å². The zero-order valence-corrected chi connectivity index (χ0v) is 17.2. The maximum atomic E-state index is 12.6. The van der Waals surface area contributed by atoms with Crippen molar-refractivity contribution in [2.24, 2.45) is 16.9 Å². The van der Waals surface area contributed by atoms with E-state index in [1.165, 1.54) is 0 Å². The van der Waals surface area contributed by atoms with Crippen LogP contribution in [0.2, 0.25) is 0 Å². The van der Waals surface area contributed by atoms with Crippen LogP contribution in [0.1, 0.15) is 19.4 Å². The van der Waals surface area contributed by atoms with Gasteiger partial charge in [0, 0.05) is 10.6 Å². The van der Waals surface area contributed by atoms with E-state index in [0.717, 1.165) is 10.5 Å². The molecule has 0 saturated carbocycles. The van der Waals surface area contributed by atoms with Gasteiger partial charge in [-0.15, -0.1) is 11.8 Å². The first kappa shape index (κ1) is 21.5. The van der Waals surface area contributed by atoms with Crippen molar-refractivity contribution in [3.63, 3.8) is 0 Å². The molecule has 6 nitrogen and oxygen atoms in total. The quantitative estimate of drug-likeness (QED) is 0.306. The second-order valence-electron chi connectivity index (χ2n) is 6.45. The molecule has 0 fully saturated rings. The highest BCUT2D eigenvalue weighted by molar-refractivity contribution is 7.98. The van der Waals surface area contributed by atoms with Crippen LogP contribution in [0, 0.1) is 11.8 Å². The van der Waals surface area contributed by atoms with Crippen molar-refractivity contribution in [1.29, 1.82) is 0 Å². The molecule has 2 aromatic rings. The van der Waals surface area contributed by atoms with E-state index in [1.807, 2.05) is 44.4 Å². The lowest BCUT2D eigenvalue weighted by molar-refractivity contribution is -0.134. The number of carbonyl (C=O) groups excluding carboxylic acids is 2. The van der Waals surface area contributed by atoms with Crippen LogP contribution in [0.4, 0.5) is 5.69 Å². The van der Waals surface area contributed by atoms with E-state index in [0.29, 0.717) is 11.4 Å². The molecule has 0 spiro atoms. The van der Waals surface area contributed by atoms with Crippen LogP contribution in [-0.2, 0) is 9.59 Å². The second kappa shape index (κ2) is 10.5. The first-order valence-corrected chi connectivity index (χ1v) is 10.1. The summed E-state index contributed by atoms with van der Waals surface area (Å²) in [5.41, 5.74) is 3.93. The summed E-state index contributed by atoms with van der Waals surface area (Å²) in [6.07, 6.45) is 3.56. The minimum absolute atomic E-state index is 0.186. The standard InChI is InChI=1S/C21H25N3O3S/c1-14(2)19(20(25)23-16-7-9-17(27-3)10-8-16)21(26)24-22-13-15-5-11-18(28-4)12-6-15/h5-14,19H,1-4H3,(H,23,25)(H,24,26). The van der Waals surface area contributed by atoms with Crippen LogP contribution < -0.4 is 15.5 Å². The number of nitrogens with one attached hydrogen (secondary N) is 2. The third-order valence-corrected chi connectivity index (χ3v) is 4.84. The highest BCUT2D eigenvalue weighted by Crippen LogP contribution is 2.18. The predicted molar refractivity (Wildman–Crippen MR) is 114 cm³/mol. The molecule has 0 saturated heterocycles. The van der Waals surface area contributed by atoms with Crippen molar-refractivity contribution in [1.82, 2.24) is 5.43 Å². The van der Waals surface area contributed by atoms with E-state index in [4.69, 9.17) is 4.74 Å². The van der Waals surface area contributed by atoms with Gasteiger partial charge < -0.3 is 10.1 Å². The van der Waals surface area contributed by atoms with Gasteiger partial charge in [-0.3, -0.25) is 9.59 Å². The van der Waals surface area contributed by atoms with Gasteiger partial charge in [0.2, 0.25) is 5.91 Å². The van der Waals surface area contributed by atoms with Gasteiger partial charge in [-0.25, -0.2) is 5.43 Å². The molecule has 1 unspecified atom stereocenters. The molecule has 2 rings (SSSR count). The lowest BCUT2D eigenvalue weighted by Gasteiger charge is -2.18. The largest absolute Gasteiger partial charge is 0.497 e. The van der Waals surface area contributed by atoms with Crippen molar-refractivity contribution in [3.8, 4) is 5.75 Å². The summed E-state index contributed by atoms with van der Waals surface area (Å²) in [6.45, 7) is 3.64. The van der Waals surface area contributed by atoms with Gasteiger partial charge in [0.15, 0.2) is 0 Å². The highest BCUT2D eigenvalue weighted by Gasteiger charge is 2.29. The molecule has 0 bridgehead atoms. The molecular weight excluding hydrogens is 374 g/mol. The number of ether oxygens (including phenoxy) is 1. The van der Waals surface area contributed by atoms with Crippen LogP contribution in [0.3, 0.4) is 0 Å². The Hall–Kier alpha value is -2.80. The molecule has 0 aliphatic carbocycles. The third kappa shape index (κ3) is 6.13. The predicted octanol–water partition coefficient (Wildman–Crippen LogP) is 3.78. The number of rotatable bonds is 8. The minimum atomic E-state index is -0.863. The van der Waals surface area contributed by atoms with Gasteiger partial charge in [0.05, 0.1) is 13.3 Å². The van der Waals surface area contributed by atoms with Crippen LogP contribution in [0.15, 0.2) is 58.5 Å². The Morgan fingerprint density at radius 3 is 2.21 bits per heavy atom. The normalized spacial score (nSPS) is 12.0. The Kier molecular flexibility index (Phi) is 8.07. The zero-order valence-electron chi connectivity index (χ0n) is 16.4. The molecule has 7 heteroatoms. The molecule has 1 atom stereocenters. The molecule has 0 radical (unpaired) electrons. The Balaban J connectivity index is 1.99. The van der Waals surface area contributed by atoms with E-state index in [1.54, 1.807) is 49.4 Å². The number of hydrogen-bond acceptors (Lipinski definition) is 5. The Labute approximate surface area is 169 Å². The fourth-order valence-corrected chi connectivity index (χ4v) is 2.96. The first-order chi connectivity index (χ1) is 13.4. The smallest absolute Gasteiger partial charge is 0.252 e. The van der Waals surface area contributed by atoms with Gasteiger partial charge in [-0.1, -0.05) is 26.0 Å². The summed E-state index contributed by atoms with van der Waals surface area (Å²) < 4.78 is 5.10. The van der Waals surface area contributed by atoms with Crippen molar-refractivity contribution in [3.05, 3.63) is 54.1 Å². The molecule has 2 aromatic carbocycles. The lowest BCUT2D eigenvalue weighted by atomic mass is 9.94. The number of hydrogen-bond donors (Lipinski definition) is 2. The van der Waals surface area contributed by atoms with Gasteiger partial charge >= 0.3 is 0 Å². The summed E-state index contributed by atoms with van der Waals surface area (Å²) in [5, 5.41) is 6.75. The summed E-state index contributed by atoms with van der Waals surface area (Å²) in [6, 6.07) is 14.7. The van der Waals surface area contributed by atoms with E-state index < -0.39 is 11.8 Å². The average Bonchev–Trinajstić information content (AvgIpc) is 2.69. The van der Waals surface area contributed by atoms with Crippen molar-refractivity contribution >= 4 is 35.5 Å². The Morgan fingerprint density at radius 1 is 1.04 bits per heavy atom. The highest BCUT2D eigenvalue weighted by atomic mass is 32.2. The molecule has 0 heterocycles. The monoisotopic (exact) mass is 399 g/mol. The zero-order chi connectivity index (χ0) is 20.5. The van der Waals surface area contributed by atoms with Crippen molar-refractivity contribution < 1.29 is 14.3 Å². The van der Waals surface area contributed by atoms with E-state index in [-0.39, 0.29) is 11.8 Å². The number of methoxy groups -OCH3 is 1. The lowest BCUT2D eigenvalue weighted by Crippen LogP contribution is -2.39. The van der Waals surface area contributed by atoms with E-state index in [2.05, 4.69) is 15.8 Å². The molecule has 148 valence electrons. The fourth-order valence-electron chi connectivity index (χ4n) is 2.55. The van der Waals surface area contributed by atoms with Crippen LogP contribution in [0.5, 0.6) is 5.75 Å². The van der Waals surface area contributed by atoms with Gasteiger partial charge in [-0.2, -0.15) is 5.10 Å². The number of hydrazone groups is 1. The summed E-state index contributed by atoms with van der Waals surface area (Å²) in [7, 11) is 1.57. The number of carbonyl (C=O) groups is 2. The number of amides is 2. The molecule has 28 heavy (non-hydrogen) atoms. The van der Waals surface area contributed by atoms with Crippen LogP contribution in [0.25, 0.3) is 0 Å². The van der Waals surface area contributed by atoms with Gasteiger partial charge in [-0.05, 0) is 54.1 Å². The summed E-state index contributed by atoms with van der Waals surface area (Å²) >= 11 is 1.65. The Morgan fingerprint density at radius 2 is 1.68 bits per heavy atom.